The topological polar surface area (TPSA) is 85.6 Å². The third-order valence-corrected chi connectivity index (χ3v) is 8.94. The molecule has 39 heavy (non-hydrogen) atoms. The molecule has 9 nitrogen and oxygen atoms in total. The summed E-state index contributed by atoms with van der Waals surface area (Å²) in [4.78, 5) is 21.5. The summed E-state index contributed by atoms with van der Waals surface area (Å²) in [5, 5.41) is 9.73. The van der Waals surface area contributed by atoms with Crippen molar-refractivity contribution in [1.82, 2.24) is 29.8 Å². The number of pyridine rings is 1. The zero-order valence-corrected chi connectivity index (χ0v) is 25.4. The van der Waals surface area contributed by atoms with Crippen molar-refractivity contribution >= 4 is 44.0 Å². The number of hydrogen-bond donors (Lipinski definition) is 0. The Labute approximate surface area is 237 Å². The molecular weight excluding hydrogens is 567 g/mol. The fourth-order valence-corrected chi connectivity index (χ4v) is 6.26. The molecule has 0 radical (unpaired) electrons. The number of likely N-dealkylation sites (tertiary alicyclic amines) is 2. The van der Waals surface area contributed by atoms with Gasteiger partial charge in [-0.05, 0) is 108 Å². The maximum atomic E-state index is 15.6. The fraction of sp³-hybridized carbons (Fsp3) is 0.643. The second kappa shape index (κ2) is 10.5. The predicted octanol–water partition coefficient (Wildman–Crippen LogP) is 6.01. The van der Waals surface area contributed by atoms with E-state index >= 15 is 4.39 Å². The quantitative estimate of drug-likeness (QED) is 0.360. The molecule has 0 bridgehead atoms. The van der Waals surface area contributed by atoms with E-state index in [4.69, 9.17) is 9.47 Å². The number of nitrogens with zero attached hydrogens (tertiary/aromatic N) is 6. The summed E-state index contributed by atoms with van der Waals surface area (Å²) < 4.78 is 29.9. The molecule has 0 N–H and O–H groups in total. The number of carbonyl (C=O) groups is 1. The van der Waals surface area contributed by atoms with Gasteiger partial charge in [0.1, 0.15) is 22.7 Å². The number of carbonyl (C=O) groups excluding carboxylic acids is 1. The van der Waals surface area contributed by atoms with Gasteiger partial charge in [0.25, 0.3) is 0 Å². The minimum Gasteiger partial charge on any atom is -0.471 e. The summed E-state index contributed by atoms with van der Waals surface area (Å²) in [5.74, 6) is -0.131. The molecule has 4 atom stereocenters. The highest BCUT2D eigenvalue weighted by Crippen LogP contribution is 2.38. The first-order chi connectivity index (χ1) is 18.4. The van der Waals surface area contributed by atoms with Crippen LogP contribution in [0.1, 0.15) is 71.9 Å². The highest BCUT2D eigenvalue weighted by Gasteiger charge is 2.35. The van der Waals surface area contributed by atoms with Crippen LogP contribution in [0.2, 0.25) is 0 Å². The van der Waals surface area contributed by atoms with Gasteiger partial charge in [-0.1, -0.05) is 5.21 Å². The van der Waals surface area contributed by atoms with Crippen LogP contribution in [0.3, 0.4) is 0 Å². The minimum atomic E-state index is -0.557. The first kappa shape index (κ1) is 28.0. The second-order valence-corrected chi connectivity index (χ2v) is 12.9. The minimum absolute atomic E-state index is 0.0347. The van der Waals surface area contributed by atoms with E-state index in [1.807, 2.05) is 52.3 Å². The van der Waals surface area contributed by atoms with Gasteiger partial charge >= 0.3 is 6.09 Å². The van der Waals surface area contributed by atoms with Crippen LogP contribution in [0.5, 0.6) is 5.88 Å². The van der Waals surface area contributed by atoms with E-state index in [2.05, 4.69) is 43.2 Å². The molecule has 0 saturated carbocycles. The van der Waals surface area contributed by atoms with E-state index in [1.54, 1.807) is 4.90 Å². The smallest absolute Gasteiger partial charge is 0.410 e. The van der Waals surface area contributed by atoms with Crippen molar-refractivity contribution in [2.45, 2.75) is 97.1 Å². The number of hydrogen-bond acceptors (Lipinski definition) is 7. The second-order valence-electron chi connectivity index (χ2n) is 12.1. The lowest BCUT2D eigenvalue weighted by Crippen LogP contribution is -2.47. The Morgan fingerprint density at radius 1 is 1.23 bits per heavy atom. The van der Waals surface area contributed by atoms with Crippen molar-refractivity contribution < 1.29 is 18.7 Å². The third-order valence-electron chi connectivity index (χ3n) is 7.97. The molecule has 1 amide bonds. The SMILES string of the molecule is Cc1cc2c(nc(O[C@@H](C)[C@@H]3CCCN3C)c3nnn(C4CCN(C(=O)OC(C)(C)C)[C@H](C)C4)c32)c(F)c1Br. The van der Waals surface area contributed by atoms with Gasteiger partial charge in [0, 0.05) is 24.0 Å². The van der Waals surface area contributed by atoms with Crippen LogP contribution in [0, 0.1) is 12.7 Å². The first-order valence-electron chi connectivity index (χ1n) is 13.8. The van der Waals surface area contributed by atoms with Crippen LogP contribution >= 0.6 is 15.9 Å². The lowest BCUT2D eigenvalue weighted by Gasteiger charge is -2.38. The number of benzene rings is 1. The Morgan fingerprint density at radius 2 is 1.97 bits per heavy atom. The summed E-state index contributed by atoms with van der Waals surface area (Å²) in [6.07, 6.45) is 3.03. The maximum Gasteiger partial charge on any atom is 0.410 e. The van der Waals surface area contributed by atoms with Gasteiger partial charge in [0.2, 0.25) is 5.88 Å². The largest absolute Gasteiger partial charge is 0.471 e. The van der Waals surface area contributed by atoms with Crippen molar-refractivity contribution in [2.24, 2.45) is 0 Å². The number of fused-ring (bicyclic) bond motifs is 3. The summed E-state index contributed by atoms with van der Waals surface area (Å²) in [6.45, 7) is 13.1. The van der Waals surface area contributed by atoms with Crippen LogP contribution in [0.4, 0.5) is 9.18 Å². The summed E-state index contributed by atoms with van der Waals surface area (Å²) in [5.41, 5.74) is 1.67. The van der Waals surface area contributed by atoms with E-state index in [9.17, 15) is 4.79 Å². The standard InChI is InChI=1S/C28H38BrFN6O3/c1-15-13-19-23(22(30)21(15)29)31-26(38-17(3)20-9-8-11-34(20)7)24-25(19)36(33-32-24)18-10-12-35(16(2)14-18)27(37)39-28(4,5)6/h13,16-18,20H,8-12,14H2,1-7H3/t16-,17+,18?,20+/m1/s1. The van der Waals surface area contributed by atoms with Crippen LogP contribution < -0.4 is 4.74 Å². The van der Waals surface area contributed by atoms with Crippen LogP contribution in [-0.2, 0) is 4.74 Å². The number of aryl methyl sites for hydroxylation is 1. The van der Waals surface area contributed by atoms with E-state index in [0.717, 1.165) is 24.9 Å². The summed E-state index contributed by atoms with van der Waals surface area (Å²) in [6, 6.07) is 2.08. The van der Waals surface area contributed by atoms with Gasteiger partial charge in [-0.25, -0.2) is 18.9 Å². The molecular formula is C28H38BrFN6O3. The first-order valence-corrected chi connectivity index (χ1v) is 14.5. The van der Waals surface area contributed by atoms with Crippen LogP contribution in [0.25, 0.3) is 21.9 Å². The highest BCUT2D eigenvalue weighted by molar-refractivity contribution is 9.10. The lowest BCUT2D eigenvalue weighted by atomic mass is 9.98. The van der Waals surface area contributed by atoms with Gasteiger partial charge in [-0.15, -0.1) is 5.10 Å². The molecule has 2 saturated heterocycles. The van der Waals surface area contributed by atoms with Gasteiger partial charge in [0.15, 0.2) is 11.3 Å². The van der Waals surface area contributed by atoms with Crippen molar-refractivity contribution in [3.8, 4) is 5.88 Å². The van der Waals surface area contributed by atoms with E-state index in [1.165, 1.54) is 0 Å². The molecule has 2 aliphatic rings. The van der Waals surface area contributed by atoms with E-state index in [0.29, 0.717) is 46.2 Å². The molecule has 2 aliphatic heterocycles. The molecule has 212 valence electrons. The average Bonchev–Trinajstić information content (AvgIpc) is 3.49. The number of halogens is 2. The average molecular weight is 606 g/mol. The highest BCUT2D eigenvalue weighted by atomic mass is 79.9. The van der Waals surface area contributed by atoms with Crippen molar-refractivity contribution in [1.29, 1.82) is 0 Å². The zero-order valence-electron chi connectivity index (χ0n) is 23.8. The van der Waals surface area contributed by atoms with Gasteiger partial charge < -0.3 is 14.4 Å². The Balaban J connectivity index is 1.54. The van der Waals surface area contributed by atoms with E-state index < -0.39 is 11.4 Å². The number of piperidine rings is 1. The van der Waals surface area contributed by atoms with Crippen LogP contribution in [0.15, 0.2) is 10.5 Å². The molecule has 3 aromatic rings. The third kappa shape index (κ3) is 5.31. The number of aromatic nitrogens is 4. The molecule has 2 fully saturated rings. The monoisotopic (exact) mass is 604 g/mol. The lowest BCUT2D eigenvalue weighted by molar-refractivity contribution is 0.00744. The Kier molecular flexibility index (Phi) is 7.52. The molecule has 0 aliphatic carbocycles. The zero-order chi connectivity index (χ0) is 28.2. The fourth-order valence-electron chi connectivity index (χ4n) is 5.96. The normalized spacial score (nSPS) is 23.5. The molecule has 0 spiro atoms. The molecule has 11 heteroatoms. The van der Waals surface area contributed by atoms with Crippen molar-refractivity contribution in [3.05, 3.63) is 21.9 Å². The Morgan fingerprint density at radius 3 is 2.62 bits per heavy atom. The number of likely N-dealkylation sites (N-methyl/N-ethyl adjacent to an activating group) is 1. The summed E-state index contributed by atoms with van der Waals surface area (Å²) >= 11 is 3.39. The number of rotatable bonds is 4. The number of ether oxygens (including phenoxy) is 2. The molecule has 5 rings (SSSR count). The van der Waals surface area contributed by atoms with Gasteiger partial charge in [0.05, 0.1) is 10.5 Å². The molecule has 1 aromatic carbocycles. The van der Waals surface area contributed by atoms with E-state index in [-0.39, 0.29) is 35.8 Å². The van der Waals surface area contributed by atoms with Gasteiger partial charge in [-0.2, -0.15) is 0 Å². The molecule has 2 aromatic heterocycles. The summed E-state index contributed by atoms with van der Waals surface area (Å²) in [7, 11) is 2.10. The molecule has 1 unspecified atom stereocenters. The van der Waals surface area contributed by atoms with Crippen molar-refractivity contribution in [3.63, 3.8) is 0 Å². The Hall–Kier alpha value is -2.53. The van der Waals surface area contributed by atoms with Crippen molar-refractivity contribution in [2.75, 3.05) is 20.1 Å². The maximum absolute atomic E-state index is 15.6. The van der Waals surface area contributed by atoms with Gasteiger partial charge in [-0.3, -0.25) is 4.90 Å². The number of amides is 1. The predicted molar refractivity (Wildman–Crippen MR) is 152 cm³/mol. The molecule has 4 heterocycles. The van der Waals surface area contributed by atoms with Crippen LogP contribution in [-0.4, -0.2) is 79.8 Å². The Bertz CT molecular complexity index is 1410.